The molecule has 0 aliphatic carbocycles. The van der Waals surface area contributed by atoms with Gasteiger partial charge in [0.05, 0.1) is 17.6 Å². The molecule has 1 amide bonds. The third kappa shape index (κ3) is 3.45. The fraction of sp³-hybridized carbons (Fsp3) is 0.105. The second-order valence-electron chi connectivity index (χ2n) is 5.69. The van der Waals surface area contributed by atoms with Gasteiger partial charge in [-0.2, -0.15) is 5.10 Å². The molecule has 2 aromatic carbocycles. The highest BCUT2D eigenvalue weighted by atomic mass is 35.5. The Morgan fingerprint density at radius 3 is 2.42 bits per heavy atom. The summed E-state index contributed by atoms with van der Waals surface area (Å²) < 4.78 is 3.25. The molecule has 1 heterocycles. The van der Waals surface area contributed by atoms with E-state index in [9.17, 15) is 9.59 Å². The summed E-state index contributed by atoms with van der Waals surface area (Å²) >= 11 is 5.81. The first-order valence-corrected chi connectivity index (χ1v) is 8.30. The van der Waals surface area contributed by atoms with Crippen LogP contribution in [0.25, 0.3) is 5.69 Å². The van der Waals surface area contributed by atoms with E-state index in [-0.39, 0.29) is 11.5 Å². The number of rotatable bonds is 4. The maximum absolute atomic E-state index is 12.5. The molecular formula is C19H17ClN4O2. The number of halogens is 1. The van der Waals surface area contributed by atoms with Crippen molar-refractivity contribution in [3.8, 4) is 5.69 Å². The van der Waals surface area contributed by atoms with Gasteiger partial charge in [-0.15, -0.1) is 0 Å². The molecule has 3 aromatic rings. The lowest BCUT2D eigenvalue weighted by atomic mass is 10.2. The minimum absolute atomic E-state index is 0.135. The monoisotopic (exact) mass is 368 g/mol. The van der Waals surface area contributed by atoms with Crippen molar-refractivity contribution in [3.63, 3.8) is 0 Å². The molecule has 0 aliphatic rings. The highest BCUT2D eigenvalue weighted by Crippen LogP contribution is 2.10. The maximum Gasteiger partial charge on any atom is 0.274 e. The number of hydrogen-bond acceptors (Lipinski definition) is 3. The van der Waals surface area contributed by atoms with Gasteiger partial charge in [0, 0.05) is 23.2 Å². The van der Waals surface area contributed by atoms with Gasteiger partial charge in [0.15, 0.2) is 0 Å². The van der Waals surface area contributed by atoms with Crippen LogP contribution in [0, 0.1) is 6.92 Å². The van der Waals surface area contributed by atoms with Crippen LogP contribution in [0.4, 0.5) is 0 Å². The molecule has 3 rings (SSSR count). The molecule has 1 aromatic heterocycles. The van der Waals surface area contributed by atoms with Crippen LogP contribution in [-0.4, -0.2) is 21.5 Å². The van der Waals surface area contributed by atoms with Gasteiger partial charge in [0.1, 0.15) is 0 Å². The molecule has 0 saturated heterocycles. The zero-order valence-corrected chi connectivity index (χ0v) is 15.1. The van der Waals surface area contributed by atoms with Crippen LogP contribution < -0.4 is 11.0 Å². The van der Waals surface area contributed by atoms with E-state index in [1.165, 1.54) is 6.21 Å². The minimum atomic E-state index is -0.358. The van der Waals surface area contributed by atoms with E-state index in [1.807, 2.05) is 30.3 Å². The van der Waals surface area contributed by atoms with Crippen molar-refractivity contribution < 1.29 is 4.79 Å². The predicted molar refractivity (Wildman–Crippen MR) is 102 cm³/mol. The molecular weight excluding hydrogens is 352 g/mol. The second-order valence-corrected chi connectivity index (χ2v) is 6.13. The normalized spacial score (nSPS) is 11.0. The summed E-state index contributed by atoms with van der Waals surface area (Å²) in [5, 5.41) is 4.53. The third-order valence-corrected chi connectivity index (χ3v) is 4.26. The van der Waals surface area contributed by atoms with E-state index in [1.54, 1.807) is 47.6 Å². The predicted octanol–water partition coefficient (Wildman–Crippen LogP) is 2.90. The third-order valence-electron chi connectivity index (χ3n) is 4.01. The number of hydrazone groups is 1. The van der Waals surface area contributed by atoms with Crippen molar-refractivity contribution in [1.29, 1.82) is 0 Å². The van der Waals surface area contributed by atoms with E-state index in [2.05, 4.69) is 10.5 Å². The summed E-state index contributed by atoms with van der Waals surface area (Å²) in [6.45, 7) is 1.73. The number of nitrogens with zero attached hydrogens (tertiary/aromatic N) is 3. The molecule has 26 heavy (non-hydrogen) atoms. The molecule has 0 radical (unpaired) electrons. The standard InChI is InChI=1S/C19H17ClN4O2/c1-13-17(12-21-22-18(25)14-8-10-15(20)11-9-14)23(2)24(19(13)26)16-6-4-3-5-7-16/h3-12H,1-2H3,(H,22,25)/b21-12-. The van der Waals surface area contributed by atoms with E-state index in [4.69, 9.17) is 11.6 Å². The van der Waals surface area contributed by atoms with Crippen LogP contribution in [-0.2, 0) is 7.05 Å². The number of hydrogen-bond donors (Lipinski definition) is 1. The number of carbonyl (C=O) groups is 1. The average molecular weight is 369 g/mol. The van der Waals surface area contributed by atoms with Crippen LogP contribution in [0.5, 0.6) is 0 Å². The molecule has 0 unspecified atom stereocenters. The Bertz CT molecular complexity index is 1020. The molecule has 1 N–H and O–H groups in total. The van der Waals surface area contributed by atoms with Crippen molar-refractivity contribution in [2.24, 2.45) is 12.1 Å². The quantitative estimate of drug-likeness (QED) is 0.568. The highest BCUT2D eigenvalue weighted by Gasteiger charge is 2.14. The van der Waals surface area contributed by atoms with E-state index >= 15 is 0 Å². The summed E-state index contributed by atoms with van der Waals surface area (Å²) in [5.74, 6) is -0.358. The molecule has 132 valence electrons. The molecule has 7 heteroatoms. The number of benzene rings is 2. The first-order valence-electron chi connectivity index (χ1n) is 7.92. The van der Waals surface area contributed by atoms with Crippen LogP contribution >= 0.6 is 11.6 Å². The van der Waals surface area contributed by atoms with Gasteiger partial charge >= 0.3 is 0 Å². The summed E-state index contributed by atoms with van der Waals surface area (Å²) in [7, 11) is 1.77. The van der Waals surface area contributed by atoms with Crippen molar-refractivity contribution in [3.05, 3.63) is 86.8 Å². The Morgan fingerprint density at radius 1 is 1.12 bits per heavy atom. The smallest absolute Gasteiger partial charge is 0.274 e. The van der Waals surface area contributed by atoms with Gasteiger partial charge in [-0.25, -0.2) is 10.1 Å². The zero-order chi connectivity index (χ0) is 18.7. The summed E-state index contributed by atoms with van der Waals surface area (Å²) in [6, 6.07) is 15.8. The lowest BCUT2D eigenvalue weighted by molar-refractivity contribution is 0.0955. The van der Waals surface area contributed by atoms with Crippen LogP contribution in [0.15, 0.2) is 64.5 Å². The fourth-order valence-electron chi connectivity index (χ4n) is 2.61. The zero-order valence-electron chi connectivity index (χ0n) is 14.3. The van der Waals surface area contributed by atoms with Crippen LogP contribution in [0.1, 0.15) is 21.6 Å². The molecule has 0 aliphatic heterocycles. The topological polar surface area (TPSA) is 68.4 Å². The number of aromatic nitrogens is 2. The van der Waals surface area contributed by atoms with Gasteiger partial charge < -0.3 is 0 Å². The summed E-state index contributed by atoms with van der Waals surface area (Å²) in [6.07, 6.45) is 1.46. The van der Waals surface area contributed by atoms with Gasteiger partial charge in [0.25, 0.3) is 11.5 Å². The van der Waals surface area contributed by atoms with Crippen LogP contribution in [0.2, 0.25) is 5.02 Å². The Hall–Kier alpha value is -3.12. The number of nitrogens with one attached hydrogen (secondary N) is 1. The van der Waals surface area contributed by atoms with Gasteiger partial charge in [-0.1, -0.05) is 29.8 Å². The Morgan fingerprint density at radius 2 is 1.77 bits per heavy atom. The lowest BCUT2D eigenvalue weighted by Gasteiger charge is -2.08. The van der Waals surface area contributed by atoms with Crippen molar-refractivity contribution >= 4 is 23.7 Å². The van der Waals surface area contributed by atoms with Crippen molar-refractivity contribution in [2.45, 2.75) is 6.92 Å². The van der Waals surface area contributed by atoms with Crippen LogP contribution in [0.3, 0.4) is 0 Å². The first kappa shape index (κ1) is 17.7. The first-order chi connectivity index (χ1) is 12.5. The number of amides is 1. The minimum Gasteiger partial charge on any atom is -0.279 e. The molecule has 0 atom stereocenters. The number of para-hydroxylation sites is 1. The number of carbonyl (C=O) groups excluding carboxylic acids is 1. The highest BCUT2D eigenvalue weighted by molar-refractivity contribution is 6.30. The largest absolute Gasteiger partial charge is 0.279 e. The summed E-state index contributed by atoms with van der Waals surface area (Å²) in [4.78, 5) is 24.6. The Kier molecular flexibility index (Phi) is 5.04. The van der Waals surface area contributed by atoms with Crippen molar-refractivity contribution in [1.82, 2.24) is 14.8 Å². The molecule has 0 bridgehead atoms. The van der Waals surface area contributed by atoms with Gasteiger partial charge in [0.2, 0.25) is 0 Å². The average Bonchev–Trinajstić information content (AvgIpc) is 2.86. The molecule has 6 nitrogen and oxygen atoms in total. The maximum atomic E-state index is 12.5. The molecule has 0 spiro atoms. The lowest BCUT2D eigenvalue weighted by Crippen LogP contribution is -2.20. The fourth-order valence-corrected chi connectivity index (χ4v) is 2.74. The molecule has 0 saturated carbocycles. The van der Waals surface area contributed by atoms with Crippen molar-refractivity contribution in [2.75, 3.05) is 0 Å². The van der Waals surface area contributed by atoms with E-state index < -0.39 is 0 Å². The Labute approximate surface area is 155 Å². The van der Waals surface area contributed by atoms with E-state index in [0.717, 1.165) is 5.69 Å². The second kappa shape index (κ2) is 7.41. The van der Waals surface area contributed by atoms with E-state index in [0.29, 0.717) is 21.8 Å². The summed E-state index contributed by atoms with van der Waals surface area (Å²) in [5.41, 5.74) is 4.67. The van der Waals surface area contributed by atoms with Gasteiger partial charge in [-0.05, 0) is 43.3 Å². The molecule has 0 fully saturated rings. The Balaban J connectivity index is 1.84. The van der Waals surface area contributed by atoms with Gasteiger partial charge in [-0.3, -0.25) is 14.3 Å². The SMILES string of the molecule is Cc1c(/C=N\NC(=O)c2ccc(Cl)cc2)n(C)n(-c2ccccc2)c1=O.